The average Bonchev–Trinajstić information content (AvgIpc) is 3.15. The third kappa shape index (κ3) is 8.61. The second-order valence-electron chi connectivity index (χ2n) is 12.1. The molecule has 2 atom stereocenters. The van der Waals surface area contributed by atoms with Gasteiger partial charge in [0.15, 0.2) is 0 Å². The quantitative estimate of drug-likeness (QED) is 0.0778. The first-order valence-corrected chi connectivity index (χ1v) is 19.9. The highest BCUT2D eigenvalue weighted by molar-refractivity contribution is 7.93. The first-order chi connectivity index (χ1) is 25.7. The Balaban J connectivity index is 0.000000203. The number of para-hydroxylation sites is 2. The van der Waals surface area contributed by atoms with E-state index in [9.17, 15) is 36.9 Å². The number of halogens is 2. The molecule has 0 aliphatic carbocycles. The molecule has 2 unspecified atom stereocenters. The van der Waals surface area contributed by atoms with E-state index in [4.69, 9.17) is 32.7 Å². The molecule has 2 heterocycles. The number of carbonyl (C=O) groups excluding carboxylic acids is 1. The topological polar surface area (TPSA) is 174 Å². The van der Waals surface area contributed by atoms with Crippen molar-refractivity contribution in [3.8, 4) is 5.75 Å². The molecule has 17 heteroatoms. The minimum absolute atomic E-state index is 0.0517. The molecule has 2 aliphatic heterocycles. The van der Waals surface area contributed by atoms with E-state index in [0.29, 0.717) is 33.4 Å². The molecular weight excluding hydrogens is 781 g/mol. The van der Waals surface area contributed by atoms with Crippen LogP contribution in [0.1, 0.15) is 11.1 Å². The zero-order chi connectivity index (χ0) is 38.6. The maximum atomic E-state index is 13.3. The summed E-state index contributed by atoms with van der Waals surface area (Å²) in [5, 5.41) is 21.6. The van der Waals surface area contributed by atoms with Crippen molar-refractivity contribution in [2.45, 2.75) is 34.8 Å². The van der Waals surface area contributed by atoms with E-state index in [0.717, 1.165) is 5.56 Å². The van der Waals surface area contributed by atoms with Crippen LogP contribution in [0.15, 0.2) is 131 Å². The van der Waals surface area contributed by atoms with Crippen LogP contribution in [-0.2, 0) is 37.6 Å². The number of β-amino-alcohol motifs (C(OH)–C–C–N with tert-alkyl or cyclic N) is 1. The van der Waals surface area contributed by atoms with Crippen molar-refractivity contribution in [3.63, 3.8) is 0 Å². The van der Waals surface area contributed by atoms with Crippen LogP contribution in [0.4, 0.5) is 21.9 Å². The fourth-order valence-electron chi connectivity index (χ4n) is 5.95. The molecule has 0 radical (unpaired) electrons. The maximum absolute atomic E-state index is 13.3. The first-order valence-electron chi connectivity index (χ1n) is 16.3. The zero-order valence-electron chi connectivity index (χ0n) is 28.1. The number of aliphatic hydroxyl groups is 1. The van der Waals surface area contributed by atoms with Gasteiger partial charge in [-0.15, -0.1) is 0 Å². The highest BCUT2D eigenvalue weighted by Crippen LogP contribution is 2.34. The Morgan fingerprint density at radius 2 is 1.15 bits per heavy atom. The Morgan fingerprint density at radius 3 is 1.65 bits per heavy atom. The number of hydrogen-bond acceptors (Lipinski definition) is 10. The number of ether oxygens (including phenoxy) is 2. The highest BCUT2D eigenvalue weighted by Gasteiger charge is 2.36. The minimum Gasteiger partial charge on any atom is -0.428 e. The Morgan fingerprint density at radius 1 is 0.685 bits per heavy atom. The van der Waals surface area contributed by atoms with E-state index in [2.05, 4.69) is 0 Å². The van der Waals surface area contributed by atoms with Gasteiger partial charge in [0.25, 0.3) is 25.7 Å². The van der Waals surface area contributed by atoms with Gasteiger partial charge in [-0.3, -0.25) is 18.7 Å². The molecule has 1 N–H and O–H groups in total. The van der Waals surface area contributed by atoms with Crippen molar-refractivity contribution in [1.29, 1.82) is 0 Å². The number of hydrogen-bond donors (Lipinski definition) is 1. The van der Waals surface area contributed by atoms with Crippen molar-refractivity contribution in [1.82, 2.24) is 0 Å². The molecule has 5 aromatic carbocycles. The molecule has 280 valence electrons. The van der Waals surface area contributed by atoms with Crippen LogP contribution in [0.5, 0.6) is 5.75 Å². The SMILES string of the molecule is O=C(Oc1ccc([N+](=O)[O-])cc1)OC1Cc2ccccc2N(S(=O)(=O)c2ccc(Cl)cc2)C1.O=S(=O)(c1ccc(Cl)cc1)N1CC(O)Cc2ccccc21. The summed E-state index contributed by atoms with van der Waals surface area (Å²) in [5.41, 5.74) is 2.49. The summed E-state index contributed by atoms with van der Waals surface area (Å²) in [6, 6.07) is 30.9. The molecule has 5 aromatic rings. The maximum Gasteiger partial charge on any atom is 0.514 e. The van der Waals surface area contributed by atoms with E-state index in [1.165, 1.54) is 69.3 Å². The molecule has 0 bridgehead atoms. The summed E-state index contributed by atoms with van der Waals surface area (Å²) in [5.74, 6) is 0.0625. The van der Waals surface area contributed by atoms with E-state index in [-0.39, 0.29) is 40.7 Å². The standard InChI is InChI=1S/C22H17ClN2O7S.C15H14ClNO3S/c23-16-5-11-20(12-6-16)33(29,30)24-14-19(13-15-3-1-2-4-21(15)24)32-22(26)31-18-9-7-17(8-10-18)25(27)28;16-12-5-7-14(8-6-12)21(19,20)17-10-13(18)9-11-3-1-2-4-15(11)17/h1-12,19H,13-14H2;1-8,13,18H,9-10H2. The molecular formula is C37H31Cl2N3O10S2. The minimum atomic E-state index is -3.95. The Bertz CT molecular complexity index is 2380. The Labute approximate surface area is 321 Å². The van der Waals surface area contributed by atoms with Crippen molar-refractivity contribution in [3.05, 3.63) is 153 Å². The van der Waals surface area contributed by atoms with Crippen LogP contribution in [0, 0.1) is 10.1 Å². The number of nitrogens with zero attached hydrogens (tertiary/aromatic N) is 3. The Kier molecular flexibility index (Phi) is 11.4. The molecule has 13 nitrogen and oxygen atoms in total. The van der Waals surface area contributed by atoms with Gasteiger partial charge < -0.3 is 14.6 Å². The molecule has 0 fully saturated rings. The van der Waals surface area contributed by atoms with Crippen LogP contribution in [0.2, 0.25) is 10.0 Å². The van der Waals surface area contributed by atoms with Gasteiger partial charge in [0.1, 0.15) is 11.9 Å². The smallest absolute Gasteiger partial charge is 0.428 e. The third-order valence-electron chi connectivity index (χ3n) is 8.48. The number of carbonyl (C=O) groups is 1. The molecule has 2 aliphatic rings. The van der Waals surface area contributed by atoms with E-state index >= 15 is 0 Å². The van der Waals surface area contributed by atoms with Crippen LogP contribution < -0.4 is 13.3 Å². The number of non-ortho nitro benzene ring substituents is 1. The van der Waals surface area contributed by atoms with Gasteiger partial charge in [-0.05, 0) is 83.9 Å². The largest absolute Gasteiger partial charge is 0.514 e. The lowest BCUT2D eigenvalue weighted by molar-refractivity contribution is -0.384. The lowest BCUT2D eigenvalue weighted by Gasteiger charge is -2.34. The van der Waals surface area contributed by atoms with Gasteiger partial charge in [-0.1, -0.05) is 59.6 Å². The second kappa shape index (κ2) is 16.0. The summed E-state index contributed by atoms with van der Waals surface area (Å²) < 4.78 is 65.1. The molecule has 0 spiro atoms. The average molecular weight is 813 g/mol. The number of sulfonamides is 2. The third-order valence-corrected chi connectivity index (χ3v) is 12.6. The summed E-state index contributed by atoms with van der Waals surface area (Å²) in [7, 11) is -7.66. The number of anilines is 2. The van der Waals surface area contributed by atoms with Gasteiger partial charge in [0.2, 0.25) is 0 Å². The molecule has 0 saturated carbocycles. The van der Waals surface area contributed by atoms with Gasteiger partial charge in [-0.25, -0.2) is 21.6 Å². The number of nitro benzene ring substituents is 1. The molecule has 0 aromatic heterocycles. The predicted octanol–water partition coefficient (Wildman–Crippen LogP) is 7.04. The van der Waals surface area contributed by atoms with Gasteiger partial charge in [0, 0.05) is 35.0 Å². The van der Waals surface area contributed by atoms with Crippen molar-refractivity contribution < 1.29 is 41.1 Å². The summed E-state index contributed by atoms with van der Waals surface area (Å²) in [6.07, 6.45) is -1.81. The number of nitro groups is 1. The summed E-state index contributed by atoms with van der Waals surface area (Å²) >= 11 is 11.7. The highest BCUT2D eigenvalue weighted by atomic mass is 35.5. The van der Waals surface area contributed by atoms with Crippen molar-refractivity contribution in [2.24, 2.45) is 0 Å². The van der Waals surface area contributed by atoms with Gasteiger partial charge in [-0.2, -0.15) is 0 Å². The second-order valence-corrected chi connectivity index (χ2v) is 16.7. The van der Waals surface area contributed by atoms with E-state index in [1.807, 2.05) is 12.1 Å². The molecule has 7 rings (SSSR count). The number of rotatable bonds is 7. The van der Waals surface area contributed by atoms with E-state index in [1.54, 1.807) is 48.5 Å². The lowest BCUT2D eigenvalue weighted by atomic mass is 10.0. The van der Waals surface area contributed by atoms with Crippen LogP contribution >= 0.6 is 23.2 Å². The van der Waals surface area contributed by atoms with Crippen molar-refractivity contribution in [2.75, 3.05) is 21.7 Å². The number of benzene rings is 5. The fraction of sp³-hybridized carbons (Fsp3) is 0.162. The summed E-state index contributed by atoms with van der Waals surface area (Å²) in [6.45, 7) is -0.0562. The van der Waals surface area contributed by atoms with E-state index < -0.39 is 43.3 Å². The molecule has 54 heavy (non-hydrogen) atoms. The molecule has 0 saturated heterocycles. The number of fused-ring (bicyclic) bond motifs is 2. The zero-order valence-corrected chi connectivity index (χ0v) is 31.2. The monoisotopic (exact) mass is 811 g/mol. The van der Waals surface area contributed by atoms with Crippen LogP contribution in [-0.4, -0.2) is 58.3 Å². The normalized spacial score (nSPS) is 16.6. The van der Waals surface area contributed by atoms with Crippen LogP contribution in [0.25, 0.3) is 0 Å². The fourth-order valence-corrected chi connectivity index (χ4v) is 9.27. The lowest BCUT2D eigenvalue weighted by Crippen LogP contribution is -2.44. The Hall–Kier alpha value is -5.19. The predicted molar refractivity (Wildman–Crippen MR) is 202 cm³/mol. The number of aliphatic hydroxyl groups excluding tert-OH is 1. The van der Waals surface area contributed by atoms with Gasteiger partial charge >= 0.3 is 6.16 Å². The van der Waals surface area contributed by atoms with Crippen molar-refractivity contribution >= 4 is 66.5 Å². The first kappa shape index (κ1) is 38.5. The molecule has 0 amide bonds. The summed E-state index contributed by atoms with van der Waals surface area (Å²) in [4.78, 5) is 22.7. The van der Waals surface area contributed by atoms with Crippen LogP contribution in [0.3, 0.4) is 0 Å². The van der Waals surface area contributed by atoms with Gasteiger partial charge in [0.05, 0.1) is 45.3 Å².